The van der Waals surface area contributed by atoms with E-state index in [0.29, 0.717) is 5.92 Å². The smallest absolute Gasteiger partial charge is 0.106 e. The summed E-state index contributed by atoms with van der Waals surface area (Å²) < 4.78 is 0. The molecule has 0 saturated heterocycles. The van der Waals surface area contributed by atoms with Crippen molar-refractivity contribution in [1.29, 1.82) is 0 Å². The average molecular weight is 359 g/mol. The Morgan fingerprint density at radius 1 is 0.958 bits per heavy atom. The summed E-state index contributed by atoms with van der Waals surface area (Å²) >= 11 is 12.3. The number of rotatable bonds is 7. The molecular formula is C20H20Cl2N2. The van der Waals surface area contributed by atoms with Crippen LogP contribution in [0.1, 0.15) is 23.4 Å². The summed E-state index contributed by atoms with van der Waals surface area (Å²) in [6, 6.07) is 16.2. The lowest BCUT2D eigenvalue weighted by molar-refractivity contribution is 0.471. The first-order valence-electron chi connectivity index (χ1n) is 8.17. The molecule has 1 aromatic heterocycles. The van der Waals surface area contributed by atoms with E-state index in [1.54, 1.807) is 6.20 Å². The van der Waals surface area contributed by atoms with Gasteiger partial charge in [0, 0.05) is 28.9 Å². The van der Waals surface area contributed by atoms with Crippen molar-refractivity contribution in [2.75, 3.05) is 0 Å². The normalized spacial score (nSPS) is 12.2. The van der Waals surface area contributed by atoms with Crippen molar-refractivity contribution < 1.29 is 0 Å². The Kier molecular flexibility index (Phi) is 5.95. The largest absolute Gasteiger partial charge is 0.349 e. The number of hydrogen-bond donors (Lipinski definition) is 1. The molecular weight excluding hydrogens is 339 g/mol. The number of benzene rings is 2. The van der Waals surface area contributed by atoms with E-state index in [9.17, 15) is 0 Å². The van der Waals surface area contributed by atoms with Gasteiger partial charge >= 0.3 is 0 Å². The molecule has 3 rings (SSSR count). The molecule has 1 atom stereocenters. The van der Waals surface area contributed by atoms with Crippen molar-refractivity contribution in [3.8, 4) is 0 Å². The summed E-state index contributed by atoms with van der Waals surface area (Å²) in [7, 11) is 0. The van der Waals surface area contributed by atoms with Gasteiger partial charge in [-0.1, -0.05) is 53.5 Å². The molecule has 0 spiro atoms. The molecule has 2 aromatic carbocycles. The van der Waals surface area contributed by atoms with Crippen LogP contribution in [0.25, 0.3) is 0 Å². The molecule has 0 aliphatic rings. The molecule has 0 aliphatic heterocycles. The van der Waals surface area contributed by atoms with Gasteiger partial charge in [-0.25, -0.2) is 4.98 Å². The highest BCUT2D eigenvalue weighted by Crippen LogP contribution is 2.24. The van der Waals surface area contributed by atoms with Crippen molar-refractivity contribution in [1.82, 2.24) is 9.97 Å². The molecule has 0 amide bonds. The number of halogens is 2. The first-order chi connectivity index (χ1) is 11.7. The van der Waals surface area contributed by atoms with Crippen molar-refractivity contribution in [2.45, 2.75) is 25.7 Å². The number of aromatic nitrogens is 2. The highest BCUT2D eigenvalue weighted by Gasteiger charge is 2.14. The van der Waals surface area contributed by atoms with Crippen LogP contribution in [0.5, 0.6) is 0 Å². The quantitative estimate of drug-likeness (QED) is 0.572. The SMILES string of the molecule is Clc1ccc(CCC(Cc2ncc[nH]2)Cc2ccccc2Cl)cc1. The van der Waals surface area contributed by atoms with E-state index < -0.39 is 0 Å². The number of H-pyrrole nitrogens is 1. The number of nitrogens with one attached hydrogen (secondary N) is 1. The summed E-state index contributed by atoms with van der Waals surface area (Å²) in [6.45, 7) is 0. The van der Waals surface area contributed by atoms with Gasteiger partial charge in [-0.15, -0.1) is 0 Å². The van der Waals surface area contributed by atoms with Gasteiger partial charge in [0.05, 0.1) is 0 Å². The predicted molar refractivity (Wildman–Crippen MR) is 101 cm³/mol. The van der Waals surface area contributed by atoms with Gasteiger partial charge in [0.1, 0.15) is 5.82 Å². The third-order valence-electron chi connectivity index (χ3n) is 4.26. The van der Waals surface area contributed by atoms with Crippen molar-refractivity contribution in [2.24, 2.45) is 5.92 Å². The second-order valence-electron chi connectivity index (χ2n) is 6.07. The van der Waals surface area contributed by atoms with Crippen molar-refractivity contribution in [3.05, 3.63) is 87.9 Å². The van der Waals surface area contributed by atoms with E-state index in [-0.39, 0.29) is 0 Å². The van der Waals surface area contributed by atoms with E-state index in [2.05, 4.69) is 28.2 Å². The van der Waals surface area contributed by atoms with Gasteiger partial charge in [0.2, 0.25) is 0 Å². The monoisotopic (exact) mass is 358 g/mol. The molecule has 3 aromatic rings. The highest BCUT2D eigenvalue weighted by atomic mass is 35.5. The van der Waals surface area contributed by atoms with Crippen molar-refractivity contribution >= 4 is 23.2 Å². The summed E-state index contributed by atoms with van der Waals surface area (Å²) in [4.78, 5) is 7.59. The minimum atomic E-state index is 0.478. The van der Waals surface area contributed by atoms with Gasteiger partial charge < -0.3 is 4.98 Å². The molecule has 0 aliphatic carbocycles. The molecule has 0 bridgehead atoms. The lowest BCUT2D eigenvalue weighted by Crippen LogP contribution is -2.11. The van der Waals surface area contributed by atoms with E-state index >= 15 is 0 Å². The minimum absolute atomic E-state index is 0.478. The number of hydrogen-bond acceptors (Lipinski definition) is 1. The number of aromatic amines is 1. The van der Waals surface area contributed by atoms with E-state index in [1.165, 1.54) is 11.1 Å². The molecule has 0 radical (unpaired) electrons. The van der Waals surface area contributed by atoms with Crippen LogP contribution in [0, 0.1) is 5.92 Å². The molecule has 0 fully saturated rings. The molecule has 24 heavy (non-hydrogen) atoms. The second-order valence-corrected chi connectivity index (χ2v) is 6.91. The Hall–Kier alpha value is -1.77. The zero-order valence-electron chi connectivity index (χ0n) is 13.4. The number of imidazole rings is 1. The van der Waals surface area contributed by atoms with E-state index in [4.69, 9.17) is 23.2 Å². The van der Waals surface area contributed by atoms with Crippen LogP contribution in [0.3, 0.4) is 0 Å². The molecule has 4 heteroatoms. The summed E-state index contributed by atoms with van der Waals surface area (Å²) in [5.41, 5.74) is 2.51. The first kappa shape index (κ1) is 17.1. The fraction of sp³-hybridized carbons (Fsp3) is 0.250. The molecule has 2 nitrogen and oxygen atoms in total. The predicted octanol–water partition coefficient (Wildman–Crippen LogP) is 5.75. The summed E-state index contributed by atoms with van der Waals surface area (Å²) in [6.07, 6.45) is 7.66. The van der Waals surface area contributed by atoms with Gasteiger partial charge in [-0.05, 0) is 54.5 Å². The summed E-state index contributed by atoms with van der Waals surface area (Å²) in [5, 5.41) is 1.62. The lowest BCUT2D eigenvalue weighted by atomic mass is 9.90. The Morgan fingerprint density at radius 3 is 2.46 bits per heavy atom. The van der Waals surface area contributed by atoms with Crippen LogP contribution in [0.15, 0.2) is 60.9 Å². The Balaban J connectivity index is 1.69. The summed E-state index contributed by atoms with van der Waals surface area (Å²) in [5.74, 6) is 1.51. The maximum Gasteiger partial charge on any atom is 0.106 e. The standard InChI is InChI=1S/C20H20Cl2N2/c21-18-9-7-15(8-10-18)5-6-16(14-20-23-11-12-24-20)13-17-3-1-2-4-19(17)22/h1-4,7-12,16H,5-6,13-14H2,(H,23,24). The van der Waals surface area contributed by atoms with Crippen LogP contribution >= 0.6 is 23.2 Å². The van der Waals surface area contributed by atoms with Gasteiger partial charge in [-0.2, -0.15) is 0 Å². The first-order valence-corrected chi connectivity index (χ1v) is 8.92. The minimum Gasteiger partial charge on any atom is -0.349 e. The molecule has 1 unspecified atom stereocenters. The zero-order valence-corrected chi connectivity index (χ0v) is 14.9. The average Bonchev–Trinajstić information content (AvgIpc) is 3.09. The van der Waals surface area contributed by atoms with Crippen LogP contribution < -0.4 is 0 Å². The molecule has 1 heterocycles. The third-order valence-corrected chi connectivity index (χ3v) is 4.88. The molecule has 1 N–H and O–H groups in total. The fourth-order valence-electron chi connectivity index (χ4n) is 2.96. The Bertz CT molecular complexity index is 752. The second kappa shape index (κ2) is 8.36. The van der Waals surface area contributed by atoms with Crippen molar-refractivity contribution in [3.63, 3.8) is 0 Å². The van der Waals surface area contributed by atoms with Crippen LogP contribution in [-0.2, 0) is 19.3 Å². The highest BCUT2D eigenvalue weighted by molar-refractivity contribution is 6.31. The van der Waals surface area contributed by atoms with Crippen LogP contribution in [0.2, 0.25) is 10.0 Å². The third kappa shape index (κ3) is 4.86. The maximum atomic E-state index is 6.35. The maximum absolute atomic E-state index is 6.35. The van der Waals surface area contributed by atoms with Gasteiger partial charge in [0.15, 0.2) is 0 Å². The topological polar surface area (TPSA) is 28.7 Å². The Morgan fingerprint density at radius 2 is 1.75 bits per heavy atom. The number of aryl methyl sites for hydroxylation is 1. The van der Waals surface area contributed by atoms with Crippen LogP contribution in [-0.4, -0.2) is 9.97 Å². The van der Waals surface area contributed by atoms with Crippen LogP contribution in [0.4, 0.5) is 0 Å². The van der Waals surface area contributed by atoms with E-state index in [1.807, 2.05) is 36.5 Å². The van der Waals surface area contributed by atoms with E-state index in [0.717, 1.165) is 41.6 Å². The van der Waals surface area contributed by atoms with Gasteiger partial charge in [-0.3, -0.25) is 0 Å². The lowest BCUT2D eigenvalue weighted by Gasteiger charge is -2.17. The van der Waals surface area contributed by atoms with Gasteiger partial charge in [0.25, 0.3) is 0 Å². The molecule has 124 valence electrons. The zero-order chi connectivity index (χ0) is 16.8. The Labute approximate surface area is 152 Å². The molecule has 0 saturated carbocycles. The number of nitrogens with zero attached hydrogens (tertiary/aromatic N) is 1. The fourth-order valence-corrected chi connectivity index (χ4v) is 3.30.